The van der Waals surface area contributed by atoms with E-state index in [0.29, 0.717) is 6.61 Å². The van der Waals surface area contributed by atoms with Gasteiger partial charge in [-0.3, -0.25) is 4.99 Å². The maximum atomic E-state index is 5.11. The average molecular weight is 494 g/mol. The first-order chi connectivity index (χ1) is 12.8. The molecule has 8 heteroatoms. The van der Waals surface area contributed by atoms with Gasteiger partial charge in [0.05, 0.1) is 6.61 Å². The Morgan fingerprint density at radius 2 is 1.78 bits per heavy atom. The van der Waals surface area contributed by atoms with Crippen LogP contribution in [0, 0.1) is 0 Å². The van der Waals surface area contributed by atoms with Crippen molar-refractivity contribution in [2.75, 3.05) is 33.4 Å². The first-order valence-electron chi connectivity index (χ1n) is 10.2. The second kappa shape index (κ2) is 18.5. The van der Waals surface area contributed by atoms with Crippen LogP contribution in [0.25, 0.3) is 0 Å². The quantitative estimate of drug-likeness (QED) is 0.169. The van der Waals surface area contributed by atoms with Crippen molar-refractivity contribution in [2.24, 2.45) is 4.99 Å². The van der Waals surface area contributed by atoms with E-state index in [0.717, 1.165) is 50.8 Å². The Morgan fingerprint density at radius 1 is 1.07 bits per heavy atom. The van der Waals surface area contributed by atoms with Crippen molar-refractivity contribution in [1.82, 2.24) is 25.4 Å². The van der Waals surface area contributed by atoms with E-state index >= 15 is 0 Å². The predicted octanol–water partition coefficient (Wildman–Crippen LogP) is 3.39. The van der Waals surface area contributed by atoms with Gasteiger partial charge in [0.25, 0.3) is 0 Å². The number of halogens is 1. The summed E-state index contributed by atoms with van der Waals surface area (Å²) in [5.41, 5.74) is 0. The Labute approximate surface area is 182 Å². The van der Waals surface area contributed by atoms with Crippen molar-refractivity contribution in [2.45, 2.75) is 71.8 Å². The van der Waals surface area contributed by atoms with Crippen molar-refractivity contribution in [3.05, 3.63) is 12.2 Å². The molecule has 0 bridgehead atoms. The van der Waals surface area contributed by atoms with E-state index in [1.807, 2.05) is 0 Å². The van der Waals surface area contributed by atoms with Crippen molar-refractivity contribution >= 4 is 29.9 Å². The van der Waals surface area contributed by atoms with Crippen LogP contribution in [0.15, 0.2) is 11.3 Å². The molecule has 0 fully saturated rings. The number of unbranched alkanes of at least 4 members (excludes halogenated alkanes) is 6. The number of aromatic nitrogens is 3. The normalized spacial score (nSPS) is 11.3. The van der Waals surface area contributed by atoms with Crippen molar-refractivity contribution < 1.29 is 4.74 Å². The summed E-state index contributed by atoms with van der Waals surface area (Å²) >= 11 is 0. The summed E-state index contributed by atoms with van der Waals surface area (Å²) in [6.07, 6.45) is 11.8. The molecule has 0 radical (unpaired) electrons. The minimum atomic E-state index is 0. The van der Waals surface area contributed by atoms with E-state index in [1.165, 1.54) is 38.5 Å². The fourth-order valence-electron chi connectivity index (χ4n) is 2.74. The molecule has 0 aliphatic heterocycles. The van der Waals surface area contributed by atoms with Gasteiger partial charge in [0, 0.05) is 39.7 Å². The van der Waals surface area contributed by atoms with Gasteiger partial charge < -0.3 is 19.9 Å². The van der Waals surface area contributed by atoms with Gasteiger partial charge in [0.2, 0.25) is 0 Å². The van der Waals surface area contributed by atoms with Crippen LogP contribution in [-0.2, 0) is 17.7 Å². The second-order valence-electron chi connectivity index (χ2n) is 6.49. The number of nitrogens with zero attached hydrogens (tertiary/aromatic N) is 4. The van der Waals surface area contributed by atoms with Crippen molar-refractivity contribution in [3.63, 3.8) is 0 Å². The highest BCUT2D eigenvalue weighted by atomic mass is 127. The predicted molar refractivity (Wildman–Crippen MR) is 123 cm³/mol. The zero-order chi connectivity index (χ0) is 18.9. The van der Waals surface area contributed by atoms with Gasteiger partial charge in [-0.2, -0.15) is 0 Å². The first-order valence-corrected chi connectivity index (χ1v) is 10.2. The number of guanidine groups is 1. The maximum absolute atomic E-state index is 5.11. The lowest BCUT2D eigenvalue weighted by Crippen LogP contribution is -2.40. The fraction of sp³-hybridized carbons (Fsp3) is 0.842. The fourth-order valence-corrected chi connectivity index (χ4v) is 2.74. The Balaban J connectivity index is 0.00000676. The first kappa shape index (κ1) is 26.1. The number of hydrogen-bond donors (Lipinski definition) is 2. The molecule has 0 unspecified atom stereocenters. The van der Waals surface area contributed by atoms with E-state index in [4.69, 9.17) is 4.74 Å². The average Bonchev–Trinajstić information content (AvgIpc) is 3.11. The minimum Gasteiger partial charge on any atom is -0.383 e. The van der Waals surface area contributed by atoms with Gasteiger partial charge in [-0.15, -0.1) is 34.2 Å². The number of ether oxygens (including phenoxy) is 1. The Hall–Kier alpha value is -0.900. The number of hydrogen-bond acceptors (Lipinski definition) is 4. The van der Waals surface area contributed by atoms with E-state index in [2.05, 4.69) is 44.2 Å². The number of methoxy groups -OCH3 is 1. The van der Waals surface area contributed by atoms with Gasteiger partial charge in [0.1, 0.15) is 12.2 Å². The Morgan fingerprint density at radius 3 is 2.48 bits per heavy atom. The van der Waals surface area contributed by atoms with Crippen LogP contribution in [0.3, 0.4) is 0 Å². The lowest BCUT2D eigenvalue weighted by molar-refractivity contribution is 0.203. The van der Waals surface area contributed by atoms with Crippen molar-refractivity contribution in [1.29, 1.82) is 0 Å². The molecule has 0 amide bonds. The lowest BCUT2D eigenvalue weighted by atomic mass is 10.1. The summed E-state index contributed by atoms with van der Waals surface area (Å²) in [4.78, 5) is 4.69. The smallest absolute Gasteiger partial charge is 0.191 e. The van der Waals surface area contributed by atoms with E-state index in [-0.39, 0.29) is 24.0 Å². The Bertz CT molecular complexity index is 481. The molecule has 0 atom stereocenters. The summed E-state index contributed by atoms with van der Waals surface area (Å²) in [5, 5.41) is 14.8. The highest BCUT2D eigenvalue weighted by Gasteiger charge is 2.02. The number of aliphatic imine (C=N–C) groups is 1. The second-order valence-corrected chi connectivity index (χ2v) is 6.49. The molecule has 1 rings (SSSR count). The number of rotatable bonds is 15. The number of nitrogens with one attached hydrogen (secondary N) is 2. The highest BCUT2D eigenvalue weighted by molar-refractivity contribution is 14.0. The monoisotopic (exact) mass is 494 g/mol. The van der Waals surface area contributed by atoms with Gasteiger partial charge in [-0.05, 0) is 6.42 Å². The van der Waals surface area contributed by atoms with Gasteiger partial charge in [-0.25, -0.2) is 0 Å². The molecule has 1 aromatic rings. The zero-order valence-electron chi connectivity index (χ0n) is 17.4. The third-order valence-corrected chi connectivity index (χ3v) is 4.29. The molecule has 0 aromatic carbocycles. The summed E-state index contributed by atoms with van der Waals surface area (Å²) in [6, 6.07) is 0. The molecule has 2 N–H and O–H groups in total. The lowest BCUT2D eigenvalue weighted by Gasteiger charge is -2.13. The van der Waals surface area contributed by atoms with Crippen LogP contribution >= 0.6 is 24.0 Å². The van der Waals surface area contributed by atoms with Crippen LogP contribution in [0.4, 0.5) is 0 Å². The van der Waals surface area contributed by atoms with Crippen molar-refractivity contribution in [3.8, 4) is 0 Å². The summed E-state index contributed by atoms with van der Waals surface area (Å²) in [7, 11) is 1.71. The third kappa shape index (κ3) is 13.0. The molecular weight excluding hydrogens is 455 g/mol. The largest absolute Gasteiger partial charge is 0.383 e. The summed E-state index contributed by atoms with van der Waals surface area (Å²) in [5.74, 6) is 1.87. The zero-order valence-corrected chi connectivity index (χ0v) is 19.7. The number of aryl methyl sites for hydroxylation is 1. The minimum absolute atomic E-state index is 0. The van der Waals surface area contributed by atoms with E-state index in [1.54, 1.807) is 13.4 Å². The third-order valence-electron chi connectivity index (χ3n) is 4.29. The summed E-state index contributed by atoms with van der Waals surface area (Å²) < 4.78 is 7.19. The van der Waals surface area contributed by atoms with Crippen LogP contribution < -0.4 is 10.6 Å². The molecule has 0 spiro atoms. The topological polar surface area (TPSA) is 76.4 Å². The van der Waals surface area contributed by atoms with Crippen LogP contribution in [0.5, 0.6) is 0 Å². The molecule has 0 aliphatic rings. The molecule has 0 saturated carbocycles. The maximum Gasteiger partial charge on any atom is 0.191 e. The standard InChI is InChI=1S/C19H38N6O.HI/c1-4-6-7-8-9-10-11-12-20-19(22-14-16-26-3)21-13-15-25-17-23-24-18(25)5-2;/h17H,4-16H2,1-3H3,(H2,20,21,22);1H. The molecule has 27 heavy (non-hydrogen) atoms. The molecule has 7 nitrogen and oxygen atoms in total. The van der Waals surface area contributed by atoms with Crippen LogP contribution in [0.2, 0.25) is 0 Å². The van der Waals surface area contributed by atoms with Gasteiger partial charge in [0.15, 0.2) is 5.96 Å². The van der Waals surface area contributed by atoms with Crippen LogP contribution in [-0.4, -0.2) is 54.1 Å². The molecule has 0 aliphatic carbocycles. The Kier molecular flexibility index (Phi) is 17.8. The molecule has 1 aromatic heterocycles. The van der Waals surface area contributed by atoms with E-state index < -0.39 is 0 Å². The molecule has 1 heterocycles. The van der Waals surface area contributed by atoms with Crippen LogP contribution in [0.1, 0.15) is 64.6 Å². The molecule has 158 valence electrons. The van der Waals surface area contributed by atoms with E-state index in [9.17, 15) is 0 Å². The van der Waals surface area contributed by atoms with Gasteiger partial charge in [-0.1, -0.05) is 52.4 Å². The van der Waals surface area contributed by atoms with Gasteiger partial charge >= 0.3 is 0 Å². The summed E-state index contributed by atoms with van der Waals surface area (Å²) in [6.45, 7) is 8.26. The highest BCUT2D eigenvalue weighted by Crippen LogP contribution is 2.06. The molecular formula is C19H39IN6O. The molecule has 0 saturated heterocycles. The SMILES string of the molecule is CCCCCCCCCN=C(NCCOC)NCCn1cnnc1CC.I.